The molecule has 3 atom stereocenters. The normalized spacial score (nSPS) is 25.6. The Morgan fingerprint density at radius 1 is 1.69 bits per heavy atom. The fourth-order valence-corrected chi connectivity index (χ4v) is 1.72. The van der Waals surface area contributed by atoms with Crippen molar-refractivity contribution >= 4 is 18.3 Å². The van der Waals surface area contributed by atoms with Crippen molar-refractivity contribution < 1.29 is 9.53 Å². The van der Waals surface area contributed by atoms with Crippen molar-refractivity contribution in [2.45, 2.75) is 44.4 Å². The third kappa shape index (κ3) is 4.51. The number of halogens is 1. The van der Waals surface area contributed by atoms with Crippen LogP contribution >= 0.6 is 12.4 Å². The van der Waals surface area contributed by atoms with Gasteiger partial charge in [0.25, 0.3) is 0 Å². The van der Waals surface area contributed by atoms with E-state index in [0.29, 0.717) is 6.54 Å². The number of hydrogen-bond donors (Lipinski definition) is 2. The molecule has 1 saturated heterocycles. The quantitative estimate of drug-likeness (QED) is 0.714. The summed E-state index contributed by atoms with van der Waals surface area (Å²) in [5.41, 5.74) is 5.48. The lowest BCUT2D eigenvalue weighted by molar-refractivity contribution is -0.132. The number of nitrogens with one attached hydrogen (secondary N) is 1. The Bertz CT molecular complexity index is 236. The molecule has 1 heterocycles. The van der Waals surface area contributed by atoms with Crippen LogP contribution in [0.25, 0.3) is 0 Å². The fraction of sp³-hybridized carbons (Fsp3) is 0.727. The molecule has 1 aliphatic heterocycles. The second-order valence-corrected chi connectivity index (χ2v) is 3.99. The van der Waals surface area contributed by atoms with Crippen LogP contribution in [-0.4, -0.2) is 30.7 Å². The molecule has 4 nitrogen and oxygen atoms in total. The molecular formula is C11H21ClN2O2. The minimum atomic E-state index is -0.314. The number of nitrogens with two attached hydrogens (primary N) is 1. The maximum Gasteiger partial charge on any atom is 0.249 e. The van der Waals surface area contributed by atoms with Gasteiger partial charge in [0.2, 0.25) is 5.91 Å². The molecule has 1 unspecified atom stereocenters. The maximum absolute atomic E-state index is 11.7. The van der Waals surface area contributed by atoms with Crippen molar-refractivity contribution in [3.63, 3.8) is 0 Å². The molecule has 1 amide bonds. The van der Waals surface area contributed by atoms with Gasteiger partial charge >= 0.3 is 0 Å². The van der Waals surface area contributed by atoms with Crippen LogP contribution in [0.1, 0.15) is 26.2 Å². The third-order valence-electron chi connectivity index (χ3n) is 2.57. The second kappa shape index (κ2) is 7.65. The molecule has 5 heteroatoms. The van der Waals surface area contributed by atoms with E-state index in [4.69, 9.17) is 10.5 Å². The summed E-state index contributed by atoms with van der Waals surface area (Å²) in [5.74, 6) is -0.0275. The minimum Gasteiger partial charge on any atom is -0.364 e. The smallest absolute Gasteiger partial charge is 0.249 e. The van der Waals surface area contributed by atoms with Gasteiger partial charge in [0.05, 0.1) is 6.10 Å². The van der Waals surface area contributed by atoms with Gasteiger partial charge in [0.15, 0.2) is 0 Å². The topological polar surface area (TPSA) is 64.4 Å². The number of hydrogen-bond acceptors (Lipinski definition) is 3. The highest BCUT2D eigenvalue weighted by Gasteiger charge is 2.30. The molecule has 0 saturated carbocycles. The zero-order valence-electron chi connectivity index (χ0n) is 9.65. The maximum atomic E-state index is 11.7. The zero-order chi connectivity index (χ0) is 11.3. The van der Waals surface area contributed by atoms with Crippen molar-refractivity contribution in [1.29, 1.82) is 0 Å². The first-order valence-corrected chi connectivity index (χ1v) is 5.44. The molecule has 0 aromatic carbocycles. The monoisotopic (exact) mass is 248 g/mol. The molecular weight excluding hydrogens is 228 g/mol. The first kappa shape index (κ1) is 15.4. The number of carbonyl (C=O) groups excluding carboxylic acids is 1. The van der Waals surface area contributed by atoms with Crippen LogP contribution in [0.4, 0.5) is 0 Å². The van der Waals surface area contributed by atoms with E-state index in [1.165, 1.54) is 0 Å². The van der Waals surface area contributed by atoms with Crippen molar-refractivity contribution in [2.24, 2.45) is 5.73 Å². The highest BCUT2D eigenvalue weighted by Crippen LogP contribution is 2.18. The van der Waals surface area contributed by atoms with E-state index in [-0.39, 0.29) is 36.6 Å². The van der Waals surface area contributed by atoms with Gasteiger partial charge in [0, 0.05) is 12.6 Å². The van der Waals surface area contributed by atoms with Gasteiger partial charge in [-0.15, -0.1) is 19.0 Å². The lowest BCUT2D eigenvalue weighted by Crippen LogP contribution is -2.40. The van der Waals surface area contributed by atoms with Gasteiger partial charge in [-0.2, -0.15) is 0 Å². The summed E-state index contributed by atoms with van der Waals surface area (Å²) >= 11 is 0. The summed E-state index contributed by atoms with van der Waals surface area (Å²) in [6.45, 7) is 6.08. The molecule has 0 spiro atoms. The lowest BCUT2D eigenvalue weighted by atomic mass is 10.1. The Labute approximate surface area is 103 Å². The standard InChI is InChI=1S/C11H20N2O2.ClH/c1-3-4-8(2)13-11(14)10-6-5-9(7-12)15-10;/h3,8-10H,1,4-7,12H2,2H3,(H,13,14);1H/t8?,9-,10+;/m1./s1. The predicted molar refractivity (Wildman–Crippen MR) is 66.6 cm³/mol. The molecule has 1 fully saturated rings. The van der Waals surface area contributed by atoms with Gasteiger partial charge in [-0.05, 0) is 26.2 Å². The van der Waals surface area contributed by atoms with Gasteiger partial charge in [-0.25, -0.2) is 0 Å². The van der Waals surface area contributed by atoms with Crippen LogP contribution in [0.15, 0.2) is 12.7 Å². The summed E-state index contributed by atoms with van der Waals surface area (Å²) < 4.78 is 5.49. The number of ether oxygens (including phenoxy) is 1. The van der Waals surface area contributed by atoms with E-state index in [2.05, 4.69) is 11.9 Å². The first-order chi connectivity index (χ1) is 7.17. The van der Waals surface area contributed by atoms with Crippen molar-refractivity contribution in [2.75, 3.05) is 6.54 Å². The third-order valence-corrected chi connectivity index (χ3v) is 2.57. The number of carbonyl (C=O) groups is 1. The molecule has 1 rings (SSSR count). The van der Waals surface area contributed by atoms with E-state index in [0.717, 1.165) is 19.3 Å². The number of amides is 1. The summed E-state index contributed by atoms with van der Waals surface area (Å²) in [4.78, 5) is 11.7. The summed E-state index contributed by atoms with van der Waals surface area (Å²) in [6.07, 6.45) is 3.96. The molecule has 0 aromatic heterocycles. The summed E-state index contributed by atoms with van der Waals surface area (Å²) in [7, 11) is 0. The summed E-state index contributed by atoms with van der Waals surface area (Å²) in [6, 6.07) is 0.121. The van der Waals surface area contributed by atoms with Crippen molar-refractivity contribution in [3.8, 4) is 0 Å². The highest BCUT2D eigenvalue weighted by atomic mass is 35.5. The molecule has 1 aliphatic rings. The Morgan fingerprint density at radius 2 is 2.38 bits per heavy atom. The Hall–Kier alpha value is -0.580. The minimum absolute atomic E-state index is 0. The lowest BCUT2D eigenvalue weighted by Gasteiger charge is -2.16. The zero-order valence-corrected chi connectivity index (χ0v) is 10.5. The largest absolute Gasteiger partial charge is 0.364 e. The fourth-order valence-electron chi connectivity index (χ4n) is 1.72. The van der Waals surface area contributed by atoms with Crippen LogP contribution in [0.5, 0.6) is 0 Å². The van der Waals surface area contributed by atoms with E-state index in [1.54, 1.807) is 6.08 Å². The summed E-state index contributed by atoms with van der Waals surface area (Å²) in [5, 5.41) is 2.89. The molecule has 0 aromatic rings. The van der Waals surface area contributed by atoms with Crippen molar-refractivity contribution in [3.05, 3.63) is 12.7 Å². The van der Waals surface area contributed by atoms with Crippen LogP contribution in [0.3, 0.4) is 0 Å². The van der Waals surface area contributed by atoms with E-state index in [1.807, 2.05) is 6.92 Å². The van der Waals surface area contributed by atoms with Crippen LogP contribution in [0.2, 0.25) is 0 Å². The molecule has 0 bridgehead atoms. The van der Waals surface area contributed by atoms with E-state index in [9.17, 15) is 4.79 Å². The SMILES string of the molecule is C=CCC(C)NC(=O)[C@@H]1CC[C@H](CN)O1.Cl. The van der Waals surface area contributed by atoms with Crippen molar-refractivity contribution in [1.82, 2.24) is 5.32 Å². The molecule has 94 valence electrons. The average Bonchev–Trinajstić information content (AvgIpc) is 2.66. The van der Waals surface area contributed by atoms with Crippen LogP contribution in [-0.2, 0) is 9.53 Å². The Kier molecular flexibility index (Phi) is 7.38. The molecule has 3 N–H and O–H groups in total. The molecule has 0 radical (unpaired) electrons. The van der Waals surface area contributed by atoms with Gasteiger partial charge in [-0.1, -0.05) is 6.08 Å². The van der Waals surface area contributed by atoms with E-state index >= 15 is 0 Å². The number of rotatable bonds is 5. The molecule has 16 heavy (non-hydrogen) atoms. The highest BCUT2D eigenvalue weighted by molar-refractivity contribution is 5.85. The van der Waals surface area contributed by atoms with Crippen LogP contribution in [0, 0.1) is 0 Å². The van der Waals surface area contributed by atoms with Crippen LogP contribution < -0.4 is 11.1 Å². The Morgan fingerprint density at radius 3 is 2.88 bits per heavy atom. The van der Waals surface area contributed by atoms with Gasteiger partial charge in [0.1, 0.15) is 6.10 Å². The molecule has 0 aliphatic carbocycles. The van der Waals surface area contributed by atoms with Gasteiger partial charge < -0.3 is 15.8 Å². The van der Waals surface area contributed by atoms with Gasteiger partial charge in [-0.3, -0.25) is 4.79 Å². The second-order valence-electron chi connectivity index (χ2n) is 3.99. The predicted octanol–water partition coefficient (Wildman–Crippen LogP) is 0.995. The Balaban J connectivity index is 0.00000225. The average molecular weight is 249 g/mol. The first-order valence-electron chi connectivity index (χ1n) is 5.44. The van der Waals surface area contributed by atoms with E-state index < -0.39 is 0 Å².